The zero-order valence-electron chi connectivity index (χ0n) is 11.6. The fourth-order valence-corrected chi connectivity index (χ4v) is 3.10. The van der Waals surface area contributed by atoms with Gasteiger partial charge in [-0.25, -0.2) is 5.84 Å². The standard InChI is InChI=1S/C13H25N3O3/c1-18-9-10-3-2-6-16(7-10)8-11-4-5-12(19-11)13(17)15-14/h10-12H,2-9,14H2,1H3,(H,15,17). The van der Waals surface area contributed by atoms with Crippen LogP contribution in [0.25, 0.3) is 0 Å². The lowest BCUT2D eigenvalue weighted by Crippen LogP contribution is -2.42. The summed E-state index contributed by atoms with van der Waals surface area (Å²) in [7, 11) is 1.76. The van der Waals surface area contributed by atoms with Gasteiger partial charge in [-0.2, -0.15) is 0 Å². The van der Waals surface area contributed by atoms with E-state index < -0.39 is 0 Å². The molecule has 0 radical (unpaired) electrons. The van der Waals surface area contributed by atoms with Crippen LogP contribution >= 0.6 is 0 Å². The van der Waals surface area contributed by atoms with Gasteiger partial charge in [-0.15, -0.1) is 0 Å². The minimum Gasteiger partial charge on any atom is -0.384 e. The van der Waals surface area contributed by atoms with Gasteiger partial charge in [-0.05, 0) is 38.1 Å². The molecule has 2 aliphatic rings. The first-order chi connectivity index (χ1) is 9.22. The van der Waals surface area contributed by atoms with Crippen LogP contribution in [0, 0.1) is 5.92 Å². The third-order valence-electron chi connectivity index (χ3n) is 4.01. The number of nitrogens with one attached hydrogen (secondary N) is 1. The van der Waals surface area contributed by atoms with Crippen LogP contribution in [0.1, 0.15) is 25.7 Å². The van der Waals surface area contributed by atoms with Gasteiger partial charge in [0, 0.05) is 20.2 Å². The van der Waals surface area contributed by atoms with Gasteiger partial charge in [0.1, 0.15) is 6.10 Å². The molecule has 0 aromatic rings. The quantitative estimate of drug-likeness (QED) is 0.414. The summed E-state index contributed by atoms with van der Waals surface area (Å²) < 4.78 is 11.0. The molecule has 1 amide bonds. The third-order valence-corrected chi connectivity index (χ3v) is 4.01. The molecule has 2 heterocycles. The van der Waals surface area contributed by atoms with Crippen molar-refractivity contribution in [2.75, 3.05) is 33.4 Å². The first-order valence-corrected chi connectivity index (χ1v) is 7.10. The molecule has 0 spiro atoms. The minimum absolute atomic E-state index is 0.156. The van der Waals surface area contributed by atoms with Crippen molar-refractivity contribution in [3.63, 3.8) is 0 Å². The fraction of sp³-hybridized carbons (Fsp3) is 0.923. The molecule has 110 valence electrons. The molecular weight excluding hydrogens is 246 g/mol. The highest BCUT2D eigenvalue weighted by molar-refractivity contribution is 5.80. The van der Waals surface area contributed by atoms with Crippen molar-refractivity contribution in [3.05, 3.63) is 0 Å². The highest BCUT2D eigenvalue weighted by atomic mass is 16.5. The van der Waals surface area contributed by atoms with Crippen LogP contribution in [0.3, 0.4) is 0 Å². The van der Waals surface area contributed by atoms with E-state index in [1.54, 1.807) is 7.11 Å². The Bertz CT molecular complexity index is 299. The number of nitrogens with zero attached hydrogens (tertiary/aromatic N) is 1. The lowest BCUT2D eigenvalue weighted by atomic mass is 9.98. The monoisotopic (exact) mass is 271 g/mol. The van der Waals surface area contributed by atoms with Gasteiger partial charge in [-0.1, -0.05) is 0 Å². The summed E-state index contributed by atoms with van der Waals surface area (Å²) in [5.41, 5.74) is 2.16. The van der Waals surface area contributed by atoms with E-state index in [2.05, 4.69) is 10.3 Å². The maximum atomic E-state index is 11.4. The molecule has 2 saturated heterocycles. The van der Waals surface area contributed by atoms with E-state index >= 15 is 0 Å². The number of rotatable bonds is 5. The second kappa shape index (κ2) is 7.19. The van der Waals surface area contributed by atoms with Crippen molar-refractivity contribution in [1.82, 2.24) is 10.3 Å². The van der Waals surface area contributed by atoms with Crippen molar-refractivity contribution < 1.29 is 14.3 Å². The smallest absolute Gasteiger partial charge is 0.263 e. The number of carbonyl (C=O) groups excluding carboxylic acids is 1. The summed E-state index contributed by atoms with van der Waals surface area (Å²) in [6.45, 7) is 3.93. The molecule has 3 unspecified atom stereocenters. The van der Waals surface area contributed by atoms with Crippen LogP contribution in [0.5, 0.6) is 0 Å². The van der Waals surface area contributed by atoms with Crippen LogP contribution in [0.2, 0.25) is 0 Å². The summed E-state index contributed by atoms with van der Waals surface area (Å²) in [5.74, 6) is 5.55. The Kier molecular flexibility index (Phi) is 5.57. The molecular formula is C13H25N3O3. The molecule has 0 aromatic heterocycles. The lowest BCUT2D eigenvalue weighted by Gasteiger charge is -2.33. The minimum atomic E-state index is -0.366. The number of likely N-dealkylation sites (tertiary alicyclic amines) is 1. The number of hydrazine groups is 1. The summed E-state index contributed by atoms with van der Waals surface area (Å²) in [4.78, 5) is 13.8. The Hall–Kier alpha value is -0.690. The number of methoxy groups -OCH3 is 1. The Morgan fingerprint density at radius 1 is 1.47 bits per heavy atom. The maximum absolute atomic E-state index is 11.4. The van der Waals surface area contributed by atoms with Gasteiger partial charge < -0.3 is 14.4 Å². The van der Waals surface area contributed by atoms with E-state index in [9.17, 15) is 4.79 Å². The van der Waals surface area contributed by atoms with Gasteiger partial charge in [-0.3, -0.25) is 10.2 Å². The highest BCUT2D eigenvalue weighted by Crippen LogP contribution is 2.23. The number of amides is 1. The average Bonchev–Trinajstić information content (AvgIpc) is 2.87. The highest BCUT2D eigenvalue weighted by Gasteiger charge is 2.32. The number of hydrogen-bond donors (Lipinski definition) is 2. The van der Waals surface area contributed by atoms with Gasteiger partial charge in [0.2, 0.25) is 0 Å². The van der Waals surface area contributed by atoms with Crippen LogP contribution in [-0.2, 0) is 14.3 Å². The molecule has 6 heteroatoms. The van der Waals surface area contributed by atoms with Crippen molar-refractivity contribution >= 4 is 5.91 Å². The van der Waals surface area contributed by atoms with Crippen molar-refractivity contribution in [2.45, 2.75) is 37.9 Å². The first kappa shape index (κ1) is 14.7. The molecule has 3 atom stereocenters. The second-order valence-electron chi connectivity index (χ2n) is 5.56. The molecule has 0 aromatic carbocycles. The zero-order chi connectivity index (χ0) is 13.7. The SMILES string of the molecule is COCC1CCCN(CC2CCC(C(=O)NN)O2)C1. The number of hydrogen-bond acceptors (Lipinski definition) is 5. The third kappa shape index (κ3) is 4.14. The molecule has 19 heavy (non-hydrogen) atoms. The van der Waals surface area contributed by atoms with Crippen LogP contribution in [0.15, 0.2) is 0 Å². The zero-order valence-corrected chi connectivity index (χ0v) is 11.6. The molecule has 6 nitrogen and oxygen atoms in total. The number of nitrogens with two attached hydrogens (primary N) is 1. The van der Waals surface area contributed by atoms with E-state index in [-0.39, 0.29) is 18.1 Å². The second-order valence-corrected chi connectivity index (χ2v) is 5.56. The van der Waals surface area contributed by atoms with E-state index in [1.165, 1.54) is 12.8 Å². The van der Waals surface area contributed by atoms with Crippen molar-refractivity contribution in [3.8, 4) is 0 Å². The summed E-state index contributed by atoms with van der Waals surface area (Å²) in [5, 5.41) is 0. The molecule has 2 fully saturated rings. The molecule has 0 aliphatic carbocycles. The van der Waals surface area contributed by atoms with Crippen molar-refractivity contribution in [1.29, 1.82) is 0 Å². The Morgan fingerprint density at radius 3 is 3.05 bits per heavy atom. The van der Waals surface area contributed by atoms with E-state index in [0.717, 1.165) is 39.1 Å². The number of ether oxygens (including phenoxy) is 2. The Labute approximate surface area is 114 Å². The topological polar surface area (TPSA) is 76.8 Å². The fourth-order valence-electron chi connectivity index (χ4n) is 3.10. The lowest BCUT2D eigenvalue weighted by molar-refractivity contribution is -0.132. The van der Waals surface area contributed by atoms with Crippen LogP contribution < -0.4 is 11.3 Å². The van der Waals surface area contributed by atoms with Gasteiger partial charge in [0.25, 0.3) is 5.91 Å². The maximum Gasteiger partial charge on any atom is 0.263 e. The Morgan fingerprint density at radius 2 is 2.32 bits per heavy atom. The molecule has 3 N–H and O–H groups in total. The van der Waals surface area contributed by atoms with E-state index in [0.29, 0.717) is 5.92 Å². The summed E-state index contributed by atoms with van der Waals surface area (Å²) in [6.07, 6.45) is 3.95. The number of piperidine rings is 1. The molecule has 0 bridgehead atoms. The predicted molar refractivity (Wildman–Crippen MR) is 71.3 cm³/mol. The van der Waals surface area contributed by atoms with E-state index in [1.807, 2.05) is 0 Å². The largest absolute Gasteiger partial charge is 0.384 e. The average molecular weight is 271 g/mol. The Balaban J connectivity index is 1.74. The number of carbonyl (C=O) groups is 1. The summed E-state index contributed by atoms with van der Waals surface area (Å²) >= 11 is 0. The summed E-state index contributed by atoms with van der Waals surface area (Å²) in [6, 6.07) is 0. The van der Waals surface area contributed by atoms with Gasteiger partial charge >= 0.3 is 0 Å². The van der Waals surface area contributed by atoms with Gasteiger partial charge in [0.15, 0.2) is 0 Å². The van der Waals surface area contributed by atoms with Gasteiger partial charge in [0.05, 0.1) is 12.7 Å². The normalized spacial score (nSPS) is 32.4. The molecule has 2 rings (SSSR count). The van der Waals surface area contributed by atoms with Crippen LogP contribution in [-0.4, -0.2) is 56.4 Å². The first-order valence-electron chi connectivity index (χ1n) is 7.10. The van der Waals surface area contributed by atoms with Crippen LogP contribution in [0.4, 0.5) is 0 Å². The molecule has 0 saturated carbocycles. The van der Waals surface area contributed by atoms with Crippen molar-refractivity contribution in [2.24, 2.45) is 11.8 Å². The molecule has 2 aliphatic heterocycles. The predicted octanol–water partition coefficient (Wildman–Crippen LogP) is -0.118. The van der Waals surface area contributed by atoms with E-state index in [4.69, 9.17) is 15.3 Å².